The normalized spacial score (nSPS) is 21.9. The first-order chi connectivity index (χ1) is 13.1. The number of halogens is 1. The molecule has 2 aliphatic heterocycles. The lowest BCUT2D eigenvalue weighted by Crippen LogP contribution is -2.32. The molecule has 4 heterocycles. The average molecular weight is 427 g/mol. The zero-order chi connectivity index (χ0) is 19.0. The molecule has 2 aliphatic rings. The van der Waals surface area contributed by atoms with Gasteiger partial charge < -0.3 is 19.7 Å². The molecule has 2 aromatic heterocycles. The number of ether oxygens (including phenoxy) is 2. The molecule has 154 valence electrons. The monoisotopic (exact) mass is 426 g/mol. The maximum atomic E-state index is 13.3. The van der Waals surface area contributed by atoms with Gasteiger partial charge in [0.2, 0.25) is 5.88 Å². The number of aromatic nitrogens is 2. The summed E-state index contributed by atoms with van der Waals surface area (Å²) in [6.45, 7) is 6.10. The Kier molecular flexibility index (Phi) is 6.75. The van der Waals surface area contributed by atoms with E-state index < -0.39 is 0 Å². The van der Waals surface area contributed by atoms with Crippen molar-refractivity contribution in [3.05, 3.63) is 16.3 Å². The van der Waals surface area contributed by atoms with Crippen LogP contribution in [0.2, 0.25) is 0 Å². The highest BCUT2D eigenvalue weighted by molar-refractivity contribution is 7.20. The quantitative estimate of drug-likeness (QED) is 0.809. The van der Waals surface area contributed by atoms with Crippen molar-refractivity contribution in [3.8, 4) is 5.88 Å². The molecular weight excluding hydrogens is 400 g/mol. The minimum absolute atomic E-state index is 0. The van der Waals surface area contributed by atoms with Crippen molar-refractivity contribution in [2.45, 2.75) is 26.4 Å². The van der Waals surface area contributed by atoms with Gasteiger partial charge in [-0.2, -0.15) is 4.98 Å². The van der Waals surface area contributed by atoms with E-state index in [0.29, 0.717) is 30.1 Å². The van der Waals surface area contributed by atoms with E-state index in [0.717, 1.165) is 59.7 Å². The number of carbonyl (C=O) groups is 1. The summed E-state index contributed by atoms with van der Waals surface area (Å²) >= 11 is 1.43. The number of thiophene rings is 1. The number of rotatable bonds is 4. The Morgan fingerprint density at radius 1 is 1.21 bits per heavy atom. The lowest BCUT2D eigenvalue weighted by Gasteiger charge is -2.20. The van der Waals surface area contributed by atoms with Crippen molar-refractivity contribution in [1.29, 1.82) is 0 Å². The number of amides is 1. The predicted molar refractivity (Wildman–Crippen MR) is 112 cm³/mol. The molecule has 0 unspecified atom stereocenters. The Balaban J connectivity index is 0.00000225. The topological polar surface area (TPSA) is 76.6 Å². The van der Waals surface area contributed by atoms with Crippen LogP contribution in [0.3, 0.4) is 0 Å². The van der Waals surface area contributed by atoms with Crippen molar-refractivity contribution in [2.75, 3.05) is 40.4 Å². The van der Waals surface area contributed by atoms with Gasteiger partial charge in [0.1, 0.15) is 11.4 Å². The molecule has 0 aliphatic carbocycles. The van der Waals surface area contributed by atoms with Gasteiger partial charge in [0, 0.05) is 20.2 Å². The Morgan fingerprint density at radius 3 is 2.50 bits per heavy atom. The minimum atomic E-state index is 0. The predicted octanol–water partition coefficient (Wildman–Crippen LogP) is 2.65. The summed E-state index contributed by atoms with van der Waals surface area (Å²) in [5.74, 6) is 2.59. The number of methoxy groups -OCH3 is 2. The van der Waals surface area contributed by atoms with Crippen LogP contribution in [0, 0.1) is 18.8 Å². The number of nitrogens with zero attached hydrogens (tertiary/aromatic N) is 3. The highest BCUT2D eigenvalue weighted by atomic mass is 35.5. The van der Waals surface area contributed by atoms with Crippen LogP contribution in [0.15, 0.2) is 0 Å². The number of hydrogen-bond acceptors (Lipinski definition) is 7. The van der Waals surface area contributed by atoms with Crippen LogP contribution in [0.5, 0.6) is 5.88 Å². The van der Waals surface area contributed by atoms with Gasteiger partial charge in [0.15, 0.2) is 5.82 Å². The van der Waals surface area contributed by atoms with Gasteiger partial charge in [0.25, 0.3) is 5.91 Å². The largest absolute Gasteiger partial charge is 0.480 e. The first kappa shape index (κ1) is 21.2. The summed E-state index contributed by atoms with van der Waals surface area (Å²) in [7, 11) is 3.21. The fourth-order valence-electron chi connectivity index (χ4n) is 4.25. The van der Waals surface area contributed by atoms with Gasteiger partial charge in [-0.25, -0.2) is 4.98 Å². The number of aryl methyl sites for hydroxylation is 1. The van der Waals surface area contributed by atoms with Gasteiger partial charge in [0.05, 0.1) is 17.4 Å². The summed E-state index contributed by atoms with van der Waals surface area (Å²) in [5.41, 5.74) is 0.909. The molecule has 2 saturated heterocycles. The fourth-order valence-corrected chi connectivity index (χ4v) is 5.41. The number of fused-ring (bicyclic) bond motifs is 2. The summed E-state index contributed by atoms with van der Waals surface area (Å²) in [5, 5.41) is 4.32. The highest BCUT2D eigenvalue weighted by Gasteiger charge is 2.33. The first-order valence-electron chi connectivity index (χ1n) is 9.45. The van der Waals surface area contributed by atoms with Crippen molar-refractivity contribution in [3.63, 3.8) is 0 Å². The summed E-state index contributed by atoms with van der Waals surface area (Å²) < 4.78 is 10.6. The molecule has 7 nitrogen and oxygen atoms in total. The van der Waals surface area contributed by atoms with Gasteiger partial charge in [-0.3, -0.25) is 4.79 Å². The van der Waals surface area contributed by atoms with E-state index in [9.17, 15) is 4.79 Å². The van der Waals surface area contributed by atoms with Crippen LogP contribution < -0.4 is 10.1 Å². The maximum Gasteiger partial charge on any atom is 0.264 e. The van der Waals surface area contributed by atoms with E-state index in [2.05, 4.69) is 15.3 Å². The molecule has 2 fully saturated rings. The summed E-state index contributed by atoms with van der Waals surface area (Å²) in [4.78, 5) is 25.8. The second-order valence-electron chi connectivity index (χ2n) is 7.37. The number of likely N-dealkylation sites (tertiary alicyclic amines) is 1. The van der Waals surface area contributed by atoms with E-state index in [-0.39, 0.29) is 18.3 Å². The standard InChI is InChI=1S/C19H26N4O3S.ClH/c1-11-15-17(26-3)21-14(10-25-2)22-18(15)27-16(11)19(24)23-6-4-12-8-20-9-13(12)5-7-23;/h12-13,20H,4-10H2,1-3H3;1H/t12-,13+;. The van der Waals surface area contributed by atoms with Gasteiger partial charge >= 0.3 is 0 Å². The Hall–Kier alpha value is -1.48. The molecule has 0 saturated carbocycles. The highest BCUT2D eigenvalue weighted by Crippen LogP contribution is 2.36. The summed E-state index contributed by atoms with van der Waals surface area (Å²) in [6.07, 6.45) is 2.16. The van der Waals surface area contributed by atoms with E-state index in [1.54, 1.807) is 14.2 Å². The van der Waals surface area contributed by atoms with Crippen LogP contribution in [0.4, 0.5) is 0 Å². The smallest absolute Gasteiger partial charge is 0.264 e. The molecule has 28 heavy (non-hydrogen) atoms. The Morgan fingerprint density at radius 2 is 1.89 bits per heavy atom. The van der Waals surface area contributed by atoms with Crippen molar-refractivity contribution >= 4 is 39.9 Å². The van der Waals surface area contributed by atoms with Crippen LogP contribution in [-0.2, 0) is 11.3 Å². The van der Waals surface area contributed by atoms with Gasteiger partial charge in [-0.05, 0) is 50.3 Å². The van der Waals surface area contributed by atoms with E-state index in [1.165, 1.54) is 11.3 Å². The maximum absolute atomic E-state index is 13.3. The molecule has 0 radical (unpaired) electrons. The molecule has 1 N–H and O–H groups in total. The minimum Gasteiger partial charge on any atom is -0.480 e. The van der Waals surface area contributed by atoms with E-state index in [1.807, 2.05) is 11.8 Å². The number of carbonyl (C=O) groups excluding carboxylic acids is 1. The SMILES string of the molecule is COCc1nc(OC)c2c(C)c(C(=O)N3CC[C@@H]4CNC[C@@H]4CC3)sc2n1.Cl. The molecular formula is C19H27ClN4O3S. The molecule has 9 heteroatoms. The second kappa shape index (κ2) is 8.90. The van der Waals surface area contributed by atoms with Crippen LogP contribution >= 0.6 is 23.7 Å². The average Bonchev–Trinajstić information content (AvgIpc) is 3.19. The number of nitrogens with one attached hydrogen (secondary N) is 1. The third kappa shape index (κ3) is 3.83. The molecule has 4 rings (SSSR count). The van der Waals surface area contributed by atoms with Crippen LogP contribution in [-0.4, -0.2) is 61.2 Å². The molecule has 0 aromatic carbocycles. The third-order valence-electron chi connectivity index (χ3n) is 5.77. The molecule has 0 bridgehead atoms. The second-order valence-corrected chi connectivity index (χ2v) is 8.37. The van der Waals surface area contributed by atoms with Crippen molar-refractivity contribution in [1.82, 2.24) is 20.2 Å². The van der Waals surface area contributed by atoms with Gasteiger partial charge in [-0.15, -0.1) is 23.7 Å². The third-order valence-corrected chi connectivity index (χ3v) is 6.94. The lowest BCUT2D eigenvalue weighted by molar-refractivity contribution is 0.0763. The molecule has 2 atom stereocenters. The first-order valence-corrected chi connectivity index (χ1v) is 10.3. The van der Waals surface area contributed by atoms with E-state index in [4.69, 9.17) is 9.47 Å². The Labute approximate surface area is 175 Å². The van der Waals surface area contributed by atoms with E-state index >= 15 is 0 Å². The molecule has 0 spiro atoms. The molecule has 1 amide bonds. The van der Waals surface area contributed by atoms with Crippen LogP contribution in [0.25, 0.3) is 10.2 Å². The summed E-state index contributed by atoms with van der Waals surface area (Å²) in [6, 6.07) is 0. The zero-order valence-corrected chi connectivity index (χ0v) is 18.1. The fraction of sp³-hybridized carbons (Fsp3) is 0.632. The molecule has 2 aromatic rings. The lowest BCUT2D eigenvalue weighted by atomic mass is 9.92. The van der Waals surface area contributed by atoms with Crippen molar-refractivity contribution < 1.29 is 14.3 Å². The van der Waals surface area contributed by atoms with Crippen molar-refractivity contribution in [2.24, 2.45) is 11.8 Å². The zero-order valence-electron chi connectivity index (χ0n) is 16.5. The Bertz CT molecular complexity index is 845. The van der Waals surface area contributed by atoms with Crippen LogP contribution in [0.1, 0.15) is 33.9 Å². The number of hydrogen-bond donors (Lipinski definition) is 1. The van der Waals surface area contributed by atoms with Gasteiger partial charge in [-0.1, -0.05) is 0 Å².